The van der Waals surface area contributed by atoms with Crippen LogP contribution in [0.25, 0.3) is 11.1 Å². The highest BCUT2D eigenvalue weighted by Gasteiger charge is 2.10. The van der Waals surface area contributed by atoms with Crippen molar-refractivity contribution in [3.8, 4) is 16.9 Å². The fourth-order valence-electron chi connectivity index (χ4n) is 1.63. The number of phenolic OH excluding ortho intramolecular Hbond substituents is 1. The highest BCUT2D eigenvalue weighted by atomic mass is 32.2. The van der Waals surface area contributed by atoms with Crippen molar-refractivity contribution in [1.29, 1.82) is 0 Å². The fraction of sp³-hybridized carbons (Fsp3) is 0.0769. The molecule has 1 N–H and O–H groups in total. The summed E-state index contributed by atoms with van der Waals surface area (Å²) >= 11 is 0. The second kappa shape index (κ2) is 4.42. The molecule has 0 aromatic heterocycles. The number of hydrogen-bond acceptors (Lipinski definition) is 3. The van der Waals surface area contributed by atoms with Gasteiger partial charge in [0.25, 0.3) is 0 Å². The van der Waals surface area contributed by atoms with Crippen molar-refractivity contribution in [1.82, 2.24) is 0 Å². The van der Waals surface area contributed by atoms with Gasteiger partial charge >= 0.3 is 0 Å². The molecule has 0 aliphatic heterocycles. The van der Waals surface area contributed by atoms with Crippen LogP contribution >= 0.6 is 0 Å². The minimum Gasteiger partial charge on any atom is -0.504 e. The Balaban J connectivity index is 2.50. The summed E-state index contributed by atoms with van der Waals surface area (Å²) in [7, 11) is -3.26. The average molecular weight is 266 g/mol. The zero-order valence-electron chi connectivity index (χ0n) is 9.59. The van der Waals surface area contributed by atoms with Gasteiger partial charge in [-0.2, -0.15) is 0 Å². The van der Waals surface area contributed by atoms with Crippen LogP contribution in [0.5, 0.6) is 5.75 Å². The Bertz CT molecular complexity index is 676. The molecule has 2 aromatic rings. The molecule has 0 atom stereocenters. The maximum atomic E-state index is 13.2. The van der Waals surface area contributed by atoms with E-state index >= 15 is 0 Å². The van der Waals surface area contributed by atoms with E-state index in [0.717, 1.165) is 12.3 Å². The molecule has 0 aliphatic rings. The van der Waals surface area contributed by atoms with Crippen molar-refractivity contribution < 1.29 is 17.9 Å². The number of aromatic hydroxyl groups is 1. The van der Waals surface area contributed by atoms with E-state index in [-0.39, 0.29) is 4.90 Å². The molecule has 18 heavy (non-hydrogen) atoms. The van der Waals surface area contributed by atoms with Crippen molar-refractivity contribution in [2.24, 2.45) is 0 Å². The molecule has 0 unspecified atom stereocenters. The quantitative estimate of drug-likeness (QED) is 0.909. The van der Waals surface area contributed by atoms with E-state index in [1.54, 1.807) is 6.07 Å². The summed E-state index contributed by atoms with van der Waals surface area (Å²) in [6.45, 7) is 0. The number of halogens is 1. The molecule has 0 saturated heterocycles. The number of hydrogen-bond donors (Lipinski definition) is 1. The van der Waals surface area contributed by atoms with Crippen LogP contribution in [0.2, 0.25) is 0 Å². The van der Waals surface area contributed by atoms with Gasteiger partial charge in [-0.15, -0.1) is 0 Å². The van der Waals surface area contributed by atoms with E-state index in [4.69, 9.17) is 0 Å². The lowest BCUT2D eigenvalue weighted by atomic mass is 10.0. The van der Waals surface area contributed by atoms with E-state index in [1.165, 1.54) is 30.3 Å². The van der Waals surface area contributed by atoms with Gasteiger partial charge in [-0.3, -0.25) is 0 Å². The minimum absolute atomic E-state index is 0.183. The van der Waals surface area contributed by atoms with Crippen molar-refractivity contribution >= 4 is 9.84 Å². The highest BCUT2D eigenvalue weighted by Crippen LogP contribution is 2.31. The Labute approximate surface area is 104 Å². The third kappa shape index (κ3) is 2.36. The SMILES string of the molecule is CS(=O)(=O)c1ccc(-c2cccc(F)c2O)cc1. The van der Waals surface area contributed by atoms with Gasteiger partial charge in [0, 0.05) is 11.8 Å². The molecule has 0 heterocycles. The van der Waals surface area contributed by atoms with Gasteiger partial charge in [0.2, 0.25) is 0 Å². The van der Waals surface area contributed by atoms with Gasteiger partial charge in [-0.1, -0.05) is 24.3 Å². The van der Waals surface area contributed by atoms with Gasteiger partial charge in [-0.25, -0.2) is 12.8 Å². The third-order valence-corrected chi connectivity index (χ3v) is 3.71. The van der Waals surface area contributed by atoms with Crippen molar-refractivity contribution in [3.05, 3.63) is 48.3 Å². The van der Waals surface area contributed by atoms with E-state index < -0.39 is 21.4 Å². The number of benzene rings is 2. The Morgan fingerprint density at radius 1 is 1.06 bits per heavy atom. The normalized spacial score (nSPS) is 11.4. The smallest absolute Gasteiger partial charge is 0.175 e. The van der Waals surface area contributed by atoms with Gasteiger partial charge in [0.05, 0.1) is 4.90 Å². The first-order valence-corrected chi connectivity index (χ1v) is 7.07. The lowest BCUT2D eigenvalue weighted by Crippen LogP contribution is -1.96. The van der Waals surface area contributed by atoms with Crippen LogP contribution in [0.15, 0.2) is 47.4 Å². The number of phenols is 1. The predicted molar refractivity (Wildman–Crippen MR) is 66.6 cm³/mol. The molecule has 0 aliphatic carbocycles. The van der Waals surface area contributed by atoms with Crippen LogP contribution in [-0.2, 0) is 9.84 Å². The average Bonchev–Trinajstić information content (AvgIpc) is 2.32. The van der Waals surface area contributed by atoms with Gasteiger partial charge in [0.1, 0.15) is 0 Å². The Morgan fingerprint density at radius 2 is 1.67 bits per heavy atom. The van der Waals surface area contributed by atoms with Crippen LogP contribution < -0.4 is 0 Å². The second-order valence-corrected chi connectivity index (χ2v) is 5.95. The Hall–Kier alpha value is -1.88. The van der Waals surface area contributed by atoms with Crippen LogP contribution in [0.3, 0.4) is 0 Å². The van der Waals surface area contributed by atoms with Crippen LogP contribution in [0.4, 0.5) is 4.39 Å². The van der Waals surface area contributed by atoms with Crippen LogP contribution in [0, 0.1) is 5.82 Å². The molecule has 0 radical (unpaired) electrons. The fourth-order valence-corrected chi connectivity index (χ4v) is 2.26. The lowest BCUT2D eigenvalue weighted by molar-refractivity contribution is 0.434. The first kappa shape index (κ1) is 12.6. The van der Waals surface area contributed by atoms with E-state index in [0.29, 0.717) is 11.1 Å². The van der Waals surface area contributed by atoms with Gasteiger partial charge < -0.3 is 5.11 Å². The molecule has 2 rings (SSSR count). The van der Waals surface area contributed by atoms with Gasteiger partial charge in [-0.05, 0) is 23.8 Å². The third-order valence-electron chi connectivity index (χ3n) is 2.58. The Morgan fingerprint density at radius 3 is 2.22 bits per heavy atom. The molecule has 0 bridgehead atoms. The Kier molecular flexibility index (Phi) is 3.09. The largest absolute Gasteiger partial charge is 0.504 e. The maximum Gasteiger partial charge on any atom is 0.175 e. The summed E-state index contributed by atoms with van der Waals surface area (Å²) < 4.78 is 35.8. The molecule has 2 aromatic carbocycles. The van der Waals surface area contributed by atoms with Crippen molar-refractivity contribution in [2.45, 2.75) is 4.90 Å². The molecular formula is C13H11FO3S. The van der Waals surface area contributed by atoms with E-state index in [9.17, 15) is 17.9 Å². The molecule has 94 valence electrons. The summed E-state index contributed by atoms with van der Waals surface area (Å²) in [5.41, 5.74) is 0.884. The molecule has 0 fully saturated rings. The molecular weight excluding hydrogens is 255 g/mol. The molecule has 0 spiro atoms. The second-order valence-electron chi connectivity index (χ2n) is 3.93. The van der Waals surface area contributed by atoms with Crippen LogP contribution in [-0.4, -0.2) is 19.8 Å². The monoisotopic (exact) mass is 266 g/mol. The number of rotatable bonds is 2. The molecule has 3 nitrogen and oxygen atoms in total. The number of para-hydroxylation sites is 1. The minimum atomic E-state index is -3.26. The summed E-state index contributed by atoms with van der Waals surface area (Å²) in [5.74, 6) is -1.15. The summed E-state index contributed by atoms with van der Waals surface area (Å²) in [5, 5.41) is 9.59. The van der Waals surface area contributed by atoms with Gasteiger partial charge in [0.15, 0.2) is 21.4 Å². The zero-order valence-corrected chi connectivity index (χ0v) is 10.4. The summed E-state index contributed by atoms with van der Waals surface area (Å²) in [4.78, 5) is 0.183. The van der Waals surface area contributed by atoms with Crippen molar-refractivity contribution in [3.63, 3.8) is 0 Å². The zero-order chi connectivity index (χ0) is 13.3. The van der Waals surface area contributed by atoms with E-state index in [2.05, 4.69) is 0 Å². The molecule has 5 heteroatoms. The maximum absolute atomic E-state index is 13.2. The first-order chi connectivity index (χ1) is 8.39. The standard InChI is InChI=1S/C13H11FO3S/c1-18(16,17)10-7-5-9(6-8-10)11-3-2-4-12(14)13(11)15/h2-8,15H,1H3. The summed E-state index contributed by atoms with van der Waals surface area (Å²) in [6, 6.07) is 10.1. The van der Waals surface area contributed by atoms with Crippen molar-refractivity contribution in [2.75, 3.05) is 6.26 Å². The number of sulfone groups is 1. The predicted octanol–water partition coefficient (Wildman–Crippen LogP) is 2.60. The lowest BCUT2D eigenvalue weighted by Gasteiger charge is -2.06. The first-order valence-electron chi connectivity index (χ1n) is 5.17. The highest BCUT2D eigenvalue weighted by molar-refractivity contribution is 7.90. The summed E-state index contributed by atoms with van der Waals surface area (Å²) in [6.07, 6.45) is 1.11. The topological polar surface area (TPSA) is 54.4 Å². The molecule has 0 amide bonds. The molecule has 0 saturated carbocycles. The van der Waals surface area contributed by atoms with Crippen LogP contribution in [0.1, 0.15) is 0 Å². The van der Waals surface area contributed by atoms with E-state index in [1.807, 2.05) is 0 Å².